The first kappa shape index (κ1) is 8.78. The fraction of sp³-hybridized carbons (Fsp3) is 1.00. The summed E-state index contributed by atoms with van der Waals surface area (Å²) < 4.78 is 24.7. The third kappa shape index (κ3) is 1.75. The normalized spacial score (nSPS) is 39.6. The average molecular weight is 210 g/mol. The molecule has 2 aliphatic carbocycles. The Labute approximate surface area is 77.5 Å². The van der Waals surface area contributed by atoms with Gasteiger partial charge in [0.2, 0.25) is 10.0 Å². The Morgan fingerprint density at radius 1 is 1.25 bits per heavy atom. The molecule has 2 unspecified atom stereocenters. The standard InChI is InChI=1S/C7H12ClNO2S/c8-4-12(10,11)9-7-2-5-1-6(5)3-7/h5-7,9H,1-4H2. The van der Waals surface area contributed by atoms with Crippen LogP contribution in [0.5, 0.6) is 0 Å². The highest BCUT2D eigenvalue weighted by molar-refractivity contribution is 7.90. The zero-order valence-electron chi connectivity index (χ0n) is 6.66. The summed E-state index contributed by atoms with van der Waals surface area (Å²) in [4.78, 5) is 0. The van der Waals surface area contributed by atoms with Gasteiger partial charge in [0, 0.05) is 6.04 Å². The molecule has 2 rings (SSSR count). The van der Waals surface area contributed by atoms with Gasteiger partial charge in [0.1, 0.15) is 5.21 Å². The lowest BCUT2D eigenvalue weighted by Gasteiger charge is -2.12. The molecule has 0 saturated heterocycles. The lowest BCUT2D eigenvalue weighted by atomic mass is 10.2. The van der Waals surface area contributed by atoms with E-state index >= 15 is 0 Å². The number of rotatable bonds is 3. The second kappa shape index (κ2) is 2.86. The Morgan fingerprint density at radius 3 is 2.33 bits per heavy atom. The molecule has 70 valence electrons. The van der Waals surface area contributed by atoms with E-state index in [1.54, 1.807) is 0 Å². The van der Waals surface area contributed by atoms with Gasteiger partial charge in [0.25, 0.3) is 0 Å². The molecule has 0 radical (unpaired) electrons. The summed E-state index contributed by atoms with van der Waals surface area (Å²) in [6, 6.07) is 0.164. The fourth-order valence-corrected chi connectivity index (χ4v) is 3.05. The third-order valence-electron chi connectivity index (χ3n) is 2.73. The van der Waals surface area contributed by atoms with Crippen LogP contribution in [0.4, 0.5) is 0 Å². The van der Waals surface area contributed by atoms with Crippen LogP contribution in [-0.4, -0.2) is 19.7 Å². The van der Waals surface area contributed by atoms with E-state index in [0.29, 0.717) is 0 Å². The van der Waals surface area contributed by atoms with E-state index in [4.69, 9.17) is 11.6 Å². The van der Waals surface area contributed by atoms with Crippen LogP contribution in [0.1, 0.15) is 19.3 Å². The smallest absolute Gasteiger partial charge is 0.211 e. The van der Waals surface area contributed by atoms with E-state index in [2.05, 4.69) is 4.72 Å². The molecule has 2 fully saturated rings. The topological polar surface area (TPSA) is 46.2 Å². The molecule has 2 atom stereocenters. The summed E-state index contributed by atoms with van der Waals surface area (Å²) in [6.45, 7) is 0. The molecule has 2 aliphatic rings. The largest absolute Gasteiger partial charge is 0.225 e. The minimum atomic E-state index is -3.19. The molecule has 0 heterocycles. The van der Waals surface area contributed by atoms with E-state index in [-0.39, 0.29) is 11.3 Å². The summed E-state index contributed by atoms with van der Waals surface area (Å²) in [5.41, 5.74) is 0. The van der Waals surface area contributed by atoms with E-state index < -0.39 is 10.0 Å². The molecule has 12 heavy (non-hydrogen) atoms. The highest BCUT2D eigenvalue weighted by atomic mass is 35.5. The van der Waals surface area contributed by atoms with E-state index in [1.807, 2.05) is 0 Å². The number of sulfonamides is 1. The van der Waals surface area contributed by atoms with Crippen LogP contribution < -0.4 is 4.72 Å². The van der Waals surface area contributed by atoms with Gasteiger partial charge in [-0.25, -0.2) is 13.1 Å². The lowest BCUT2D eigenvalue weighted by molar-refractivity contribution is 0.530. The molecule has 1 N–H and O–H groups in total. The van der Waals surface area contributed by atoms with Gasteiger partial charge in [-0.3, -0.25) is 0 Å². The molecule has 0 aromatic carbocycles. The highest BCUT2D eigenvalue weighted by Gasteiger charge is 2.46. The van der Waals surface area contributed by atoms with Crippen molar-refractivity contribution in [3.05, 3.63) is 0 Å². The van der Waals surface area contributed by atoms with Crippen LogP contribution in [0.15, 0.2) is 0 Å². The second-order valence-electron chi connectivity index (χ2n) is 3.77. The summed E-state index contributed by atoms with van der Waals surface area (Å²) in [6.07, 6.45) is 3.33. The molecule has 0 spiro atoms. The van der Waals surface area contributed by atoms with Gasteiger partial charge in [-0.05, 0) is 31.1 Å². The molecule has 0 amide bonds. The van der Waals surface area contributed by atoms with E-state index in [1.165, 1.54) is 6.42 Å². The van der Waals surface area contributed by atoms with Crippen LogP contribution in [0.25, 0.3) is 0 Å². The SMILES string of the molecule is O=S(=O)(CCl)NC1CC2CC2C1. The molecule has 0 aromatic heterocycles. The Balaban J connectivity index is 1.88. The maximum absolute atomic E-state index is 11.0. The quantitative estimate of drug-likeness (QED) is 0.703. The van der Waals surface area contributed by atoms with Crippen LogP contribution in [0, 0.1) is 11.8 Å². The van der Waals surface area contributed by atoms with Gasteiger partial charge in [0.15, 0.2) is 0 Å². The van der Waals surface area contributed by atoms with Crippen molar-refractivity contribution in [2.45, 2.75) is 25.3 Å². The van der Waals surface area contributed by atoms with Crippen LogP contribution in [-0.2, 0) is 10.0 Å². The van der Waals surface area contributed by atoms with Crippen molar-refractivity contribution in [2.75, 3.05) is 5.21 Å². The second-order valence-corrected chi connectivity index (χ2v) is 6.10. The monoisotopic (exact) mass is 209 g/mol. The highest BCUT2D eigenvalue weighted by Crippen LogP contribution is 2.51. The summed E-state index contributed by atoms with van der Waals surface area (Å²) >= 11 is 5.27. The summed E-state index contributed by atoms with van der Waals surface area (Å²) in [5, 5.41) is -0.321. The van der Waals surface area contributed by atoms with Crippen LogP contribution in [0.2, 0.25) is 0 Å². The van der Waals surface area contributed by atoms with Gasteiger partial charge in [-0.2, -0.15) is 0 Å². The van der Waals surface area contributed by atoms with Crippen molar-refractivity contribution in [1.29, 1.82) is 0 Å². The number of nitrogens with one attached hydrogen (secondary N) is 1. The minimum absolute atomic E-state index is 0.164. The molecule has 0 aliphatic heterocycles. The predicted octanol–water partition coefficient (Wildman–Crippen LogP) is 0.901. The molecule has 2 saturated carbocycles. The molecule has 0 aromatic rings. The van der Waals surface area contributed by atoms with Gasteiger partial charge >= 0.3 is 0 Å². The predicted molar refractivity (Wildman–Crippen MR) is 47.4 cm³/mol. The summed E-state index contributed by atoms with van der Waals surface area (Å²) in [7, 11) is -3.19. The molecule has 3 nitrogen and oxygen atoms in total. The number of fused-ring (bicyclic) bond motifs is 1. The minimum Gasteiger partial charge on any atom is -0.211 e. The van der Waals surface area contributed by atoms with Crippen molar-refractivity contribution >= 4 is 21.6 Å². The maximum Gasteiger partial charge on any atom is 0.225 e. The van der Waals surface area contributed by atoms with Gasteiger partial charge in [0.05, 0.1) is 0 Å². The van der Waals surface area contributed by atoms with Gasteiger partial charge in [-0.15, -0.1) is 11.6 Å². The fourth-order valence-electron chi connectivity index (χ4n) is 2.10. The van der Waals surface area contributed by atoms with E-state index in [9.17, 15) is 8.42 Å². The molecular weight excluding hydrogens is 198 g/mol. The Bertz CT molecular complexity index is 267. The summed E-state index contributed by atoms with van der Waals surface area (Å²) in [5.74, 6) is 1.60. The van der Waals surface area contributed by atoms with Crippen molar-refractivity contribution < 1.29 is 8.42 Å². The number of hydrogen-bond acceptors (Lipinski definition) is 2. The first-order chi connectivity index (χ1) is 5.61. The first-order valence-corrected chi connectivity index (χ1v) is 6.35. The third-order valence-corrected chi connectivity index (χ3v) is 4.58. The van der Waals surface area contributed by atoms with Gasteiger partial charge in [-0.1, -0.05) is 0 Å². The zero-order valence-corrected chi connectivity index (χ0v) is 8.24. The van der Waals surface area contributed by atoms with Crippen molar-refractivity contribution in [3.63, 3.8) is 0 Å². The van der Waals surface area contributed by atoms with Crippen LogP contribution >= 0.6 is 11.6 Å². The maximum atomic E-state index is 11.0. The zero-order chi connectivity index (χ0) is 8.77. The molecule has 5 heteroatoms. The lowest BCUT2D eigenvalue weighted by Crippen LogP contribution is -2.34. The number of halogens is 1. The average Bonchev–Trinajstić information content (AvgIpc) is 2.59. The Hall–Kier alpha value is 0.200. The van der Waals surface area contributed by atoms with E-state index in [0.717, 1.165) is 24.7 Å². The first-order valence-electron chi connectivity index (χ1n) is 4.16. The van der Waals surface area contributed by atoms with Crippen LogP contribution in [0.3, 0.4) is 0 Å². The molecular formula is C7H12ClNO2S. The van der Waals surface area contributed by atoms with Gasteiger partial charge < -0.3 is 0 Å². The van der Waals surface area contributed by atoms with Crippen molar-refractivity contribution in [1.82, 2.24) is 4.72 Å². The Kier molecular flexibility index (Phi) is 2.09. The Morgan fingerprint density at radius 2 is 1.83 bits per heavy atom. The number of hydrogen-bond donors (Lipinski definition) is 1. The molecule has 0 bridgehead atoms. The van der Waals surface area contributed by atoms with Crippen molar-refractivity contribution in [2.24, 2.45) is 11.8 Å². The number of alkyl halides is 1. The van der Waals surface area contributed by atoms with Crippen molar-refractivity contribution in [3.8, 4) is 0 Å².